The van der Waals surface area contributed by atoms with Gasteiger partial charge in [-0.15, -0.1) is 10.2 Å². The van der Waals surface area contributed by atoms with E-state index in [-0.39, 0.29) is 29.7 Å². The lowest BCUT2D eigenvalue weighted by Crippen LogP contribution is -2.28. The van der Waals surface area contributed by atoms with Gasteiger partial charge in [0, 0.05) is 17.6 Å². The minimum atomic E-state index is -3.80. The summed E-state index contributed by atoms with van der Waals surface area (Å²) < 4.78 is 42.9. The third-order valence-corrected chi connectivity index (χ3v) is 5.19. The highest BCUT2D eigenvalue weighted by atomic mass is 35.5. The van der Waals surface area contributed by atoms with Crippen LogP contribution in [0.2, 0.25) is 5.02 Å². The van der Waals surface area contributed by atoms with Crippen LogP contribution in [0.3, 0.4) is 0 Å². The van der Waals surface area contributed by atoms with Crippen molar-refractivity contribution >= 4 is 21.6 Å². The fourth-order valence-electron chi connectivity index (χ4n) is 2.22. The van der Waals surface area contributed by atoms with Crippen molar-refractivity contribution in [2.75, 3.05) is 20.3 Å². The van der Waals surface area contributed by atoms with Crippen LogP contribution in [0.4, 0.5) is 0 Å². The van der Waals surface area contributed by atoms with Gasteiger partial charge in [-0.25, -0.2) is 13.1 Å². The molecule has 8 nitrogen and oxygen atoms in total. The van der Waals surface area contributed by atoms with Crippen LogP contribution in [0.5, 0.6) is 11.6 Å². The highest BCUT2D eigenvalue weighted by Crippen LogP contribution is 2.26. The Balaban J connectivity index is 1.56. The van der Waals surface area contributed by atoms with E-state index in [0.29, 0.717) is 16.5 Å². The van der Waals surface area contributed by atoms with Crippen molar-refractivity contribution in [2.24, 2.45) is 0 Å². The third kappa shape index (κ3) is 4.76. The lowest BCUT2D eigenvalue weighted by molar-refractivity contribution is 0.307. The highest BCUT2D eigenvalue weighted by molar-refractivity contribution is 7.89. The van der Waals surface area contributed by atoms with Crippen molar-refractivity contribution < 1.29 is 22.3 Å². The molecule has 3 rings (SSSR count). The zero-order chi connectivity index (χ0) is 19.3. The minimum Gasteiger partial charge on any atom is -0.495 e. The molecule has 0 unspecified atom stereocenters. The van der Waals surface area contributed by atoms with E-state index in [1.165, 1.54) is 19.2 Å². The second kappa shape index (κ2) is 8.38. The smallest absolute Gasteiger partial charge is 0.244 e. The largest absolute Gasteiger partial charge is 0.495 e. The highest BCUT2D eigenvalue weighted by Gasteiger charge is 2.19. The summed E-state index contributed by atoms with van der Waals surface area (Å²) in [6, 6.07) is 11.2. The second-order valence-corrected chi connectivity index (χ2v) is 7.45. The van der Waals surface area contributed by atoms with Crippen LogP contribution in [0.25, 0.3) is 11.5 Å². The van der Waals surface area contributed by atoms with Gasteiger partial charge in [0.1, 0.15) is 22.9 Å². The van der Waals surface area contributed by atoms with E-state index >= 15 is 0 Å². The number of nitrogens with zero attached hydrogens (tertiary/aromatic N) is 2. The molecule has 0 aliphatic heterocycles. The number of nitrogens with one attached hydrogen (secondary N) is 1. The fourth-order valence-corrected chi connectivity index (χ4v) is 3.67. The second-order valence-electron chi connectivity index (χ2n) is 5.28. The molecule has 0 aliphatic carbocycles. The van der Waals surface area contributed by atoms with E-state index in [9.17, 15) is 8.42 Å². The number of hydrogen-bond acceptors (Lipinski definition) is 7. The van der Waals surface area contributed by atoms with Gasteiger partial charge in [-0.05, 0) is 36.4 Å². The maximum atomic E-state index is 12.4. The van der Waals surface area contributed by atoms with Crippen LogP contribution in [0.1, 0.15) is 0 Å². The van der Waals surface area contributed by atoms with E-state index in [1.54, 1.807) is 36.6 Å². The van der Waals surface area contributed by atoms with Crippen LogP contribution < -0.4 is 14.2 Å². The fraction of sp³-hybridized carbons (Fsp3) is 0.176. The zero-order valence-electron chi connectivity index (χ0n) is 14.3. The molecule has 0 atom stereocenters. The first-order valence-electron chi connectivity index (χ1n) is 7.83. The Hall–Kier alpha value is -2.62. The van der Waals surface area contributed by atoms with Crippen LogP contribution in [-0.2, 0) is 10.0 Å². The Morgan fingerprint density at radius 1 is 1.19 bits per heavy atom. The molecule has 142 valence electrons. The normalized spacial score (nSPS) is 11.3. The first-order chi connectivity index (χ1) is 13.0. The molecule has 0 aliphatic rings. The molecule has 1 aromatic carbocycles. The number of sulfonamides is 1. The quantitative estimate of drug-likeness (QED) is 0.570. The molecular formula is C17H16ClN3O5S. The zero-order valence-corrected chi connectivity index (χ0v) is 15.8. The molecule has 0 saturated heterocycles. The van der Waals surface area contributed by atoms with Gasteiger partial charge < -0.3 is 13.9 Å². The Morgan fingerprint density at radius 3 is 2.70 bits per heavy atom. The molecule has 0 bridgehead atoms. The van der Waals surface area contributed by atoms with Gasteiger partial charge in [0.15, 0.2) is 5.76 Å². The van der Waals surface area contributed by atoms with Gasteiger partial charge >= 0.3 is 0 Å². The molecular weight excluding hydrogens is 394 g/mol. The Labute approximate surface area is 161 Å². The number of hydrogen-bond donors (Lipinski definition) is 1. The van der Waals surface area contributed by atoms with E-state index < -0.39 is 10.0 Å². The summed E-state index contributed by atoms with van der Waals surface area (Å²) in [7, 11) is -2.42. The maximum absolute atomic E-state index is 12.4. The Morgan fingerprint density at radius 2 is 2.04 bits per heavy atom. The molecule has 27 heavy (non-hydrogen) atoms. The number of ether oxygens (including phenoxy) is 2. The average Bonchev–Trinajstić information content (AvgIpc) is 3.20. The first kappa shape index (κ1) is 19.2. The number of aromatic nitrogens is 2. The number of methoxy groups -OCH3 is 1. The van der Waals surface area contributed by atoms with Gasteiger partial charge in [0.2, 0.25) is 15.9 Å². The summed E-state index contributed by atoms with van der Waals surface area (Å²) in [5.74, 6) is 1.06. The van der Waals surface area contributed by atoms with Crippen LogP contribution >= 0.6 is 11.6 Å². The lowest BCUT2D eigenvalue weighted by atomic mass is 10.3. The minimum absolute atomic E-state index is 0.0274. The third-order valence-electron chi connectivity index (χ3n) is 3.47. The van der Waals surface area contributed by atoms with E-state index in [4.69, 9.17) is 25.5 Å². The number of rotatable bonds is 8. The summed E-state index contributed by atoms with van der Waals surface area (Å²) >= 11 is 5.88. The van der Waals surface area contributed by atoms with Crippen LogP contribution in [0.15, 0.2) is 58.0 Å². The lowest BCUT2D eigenvalue weighted by Gasteiger charge is -2.11. The topological polar surface area (TPSA) is 104 Å². The van der Waals surface area contributed by atoms with Crippen molar-refractivity contribution in [1.82, 2.24) is 14.9 Å². The van der Waals surface area contributed by atoms with Crippen LogP contribution in [-0.4, -0.2) is 38.9 Å². The number of furan rings is 1. The Kier molecular flexibility index (Phi) is 5.94. The monoisotopic (exact) mass is 409 g/mol. The summed E-state index contributed by atoms with van der Waals surface area (Å²) in [6.45, 7) is 0.0938. The van der Waals surface area contributed by atoms with Crippen molar-refractivity contribution in [3.8, 4) is 23.1 Å². The summed E-state index contributed by atoms with van der Waals surface area (Å²) in [4.78, 5) is -0.0416. The van der Waals surface area contributed by atoms with Crippen molar-refractivity contribution in [3.05, 3.63) is 53.8 Å². The summed E-state index contributed by atoms with van der Waals surface area (Å²) in [6.07, 6.45) is 1.54. The number of benzene rings is 1. The molecule has 0 fully saturated rings. The molecule has 1 N–H and O–H groups in total. The van der Waals surface area contributed by atoms with Gasteiger partial charge in [-0.2, -0.15) is 0 Å². The van der Waals surface area contributed by atoms with E-state index in [0.717, 1.165) is 0 Å². The Bertz CT molecular complexity index is 992. The molecule has 3 aromatic rings. The van der Waals surface area contributed by atoms with Gasteiger partial charge in [0.25, 0.3) is 0 Å². The molecule has 2 heterocycles. The van der Waals surface area contributed by atoms with Crippen molar-refractivity contribution in [2.45, 2.75) is 4.90 Å². The predicted molar refractivity (Wildman–Crippen MR) is 98.4 cm³/mol. The molecule has 10 heteroatoms. The van der Waals surface area contributed by atoms with Gasteiger partial charge in [-0.1, -0.05) is 11.6 Å². The van der Waals surface area contributed by atoms with Crippen LogP contribution in [0, 0.1) is 0 Å². The first-order valence-corrected chi connectivity index (χ1v) is 9.69. The maximum Gasteiger partial charge on any atom is 0.244 e. The standard InChI is InChI=1S/C17H16ClN3O5S/c1-24-15-6-4-12(18)11-16(15)27(22,23)19-8-10-26-17-7-5-13(20-21-17)14-3-2-9-25-14/h2-7,9,11,19H,8,10H2,1H3. The summed E-state index contributed by atoms with van der Waals surface area (Å²) in [5, 5.41) is 8.20. The van der Waals surface area contributed by atoms with Crippen molar-refractivity contribution in [1.29, 1.82) is 0 Å². The average molecular weight is 410 g/mol. The van der Waals surface area contributed by atoms with E-state index in [2.05, 4.69) is 14.9 Å². The molecule has 2 aromatic heterocycles. The van der Waals surface area contributed by atoms with Gasteiger partial charge in [0.05, 0.1) is 13.4 Å². The number of halogens is 1. The van der Waals surface area contributed by atoms with Crippen molar-refractivity contribution in [3.63, 3.8) is 0 Å². The SMILES string of the molecule is COc1ccc(Cl)cc1S(=O)(=O)NCCOc1ccc(-c2ccco2)nn1. The molecule has 0 amide bonds. The predicted octanol–water partition coefficient (Wildman–Crippen LogP) is 2.76. The molecule has 0 saturated carbocycles. The van der Waals surface area contributed by atoms with Gasteiger partial charge in [-0.3, -0.25) is 0 Å². The summed E-state index contributed by atoms with van der Waals surface area (Å²) in [5.41, 5.74) is 0.570. The van der Waals surface area contributed by atoms with E-state index in [1.807, 2.05) is 0 Å². The molecule has 0 radical (unpaired) electrons. The molecule has 0 spiro atoms.